The van der Waals surface area contributed by atoms with Gasteiger partial charge in [-0.15, -0.1) is 0 Å². The van der Waals surface area contributed by atoms with Gasteiger partial charge >= 0.3 is 0 Å². The average Bonchev–Trinajstić information content (AvgIpc) is 2.89. The van der Waals surface area contributed by atoms with Crippen LogP contribution in [-0.2, 0) is 27.9 Å². The molecule has 0 radical (unpaired) electrons. The number of amides is 1. The Balaban J connectivity index is 1.41. The molecule has 0 heterocycles. The van der Waals surface area contributed by atoms with Crippen molar-refractivity contribution in [3.05, 3.63) is 95.0 Å². The smallest absolute Gasteiger partial charge is 0.261 e. The van der Waals surface area contributed by atoms with Crippen molar-refractivity contribution >= 4 is 27.5 Å². The van der Waals surface area contributed by atoms with E-state index in [2.05, 4.69) is 4.72 Å². The molecule has 8 heteroatoms. The lowest BCUT2D eigenvalue weighted by atomic mass is 9.96. The maximum atomic E-state index is 13.1. The lowest BCUT2D eigenvalue weighted by Gasteiger charge is -2.24. The van der Waals surface area contributed by atoms with Gasteiger partial charge in [-0.25, -0.2) is 13.1 Å². The van der Waals surface area contributed by atoms with Gasteiger partial charge in [-0.05, 0) is 42.2 Å². The van der Waals surface area contributed by atoms with Crippen LogP contribution in [0.15, 0.2) is 83.8 Å². The number of hydrogen-bond donors (Lipinski definition) is 1. The monoisotopic (exact) mass is 526 g/mol. The van der Waals surface area contributed by atoms with Crippen LogP contribution in [0.3, 0.4) is 0 Å². The van der Waals surface area contributed by atoms with Crippen LogP contribution < -0.4 is 9.46 Å². The van der Waals surface area contributed by atoms with Gasteiger partial charge in [0, 0.05) is 19.1 Å². The number of nitrogens with zero attached hydrogens (tertiary/aromatic N) is 1. The van der Waals surface area contributed by atoms with Gasteiger partial charge in [0.1, 0.15) is 5.75 Å². The van der Waals surface area contributed by atoms with Crippen molar-refractivity contribution in [1.29, 1.82) is 0 Å². The van der Waals surface area contributed by atoms with Crippen molar-refractivity contribution in [2.45, 2.75) is 56.1 Å². The van der Waals surface area contributed by atoms with Crippen molar-refractivity contribution in [3.8, 4) is 5.75 Å². The lowest BCUT2D eigenvalue weighted by molar-refractivity contribution is -0.134. The molecular weight excluding hydrogens is 496 g/mol. The maximum Gasteiger partial charge on any atom is 0.261 e. The Labute approximate surface area is 218 Å². The second-order valence-electron chi connectivity index (χ2n) is 9.06. The second-order valence-corrected chi connectivity index (χ2v) is 11.2. The predicted molar refractivity (Wildman–Crippen MR) is 141 cm³/mol. The number of hydrogen-bond acceptors (Lipinski definition) is 4. The number of benzene rings is 3. The summed E-state index contributed by atoms with van der Waals surface area (Å²) < 4.78 is 34.1. The van der Waals surface area contributed by atoms with Crippen LogP contribution in [0.25, 0.3) is 0 Å². The molecule has 36 heavy (non-hydrogen) atoms. The summed E-state index contributed by atoms with van der Waals surface area (Å²) in [5.41, 5.74) is 2.03. The molecule has 0 saturated heterocycles. The molecule has 0 bridgehead atoms. The molecule has 1 aliphatic rings. The SMILES string of the molecule is O=C(COc1ccc(S(=O)(=O)NC2CCCCC2)cc1Cl)N(Cc1ccccc1)Cc1ccccc1. The highest BCUT2D eigenvalue weighted by molar-refractivity contribution is 7.89. The van der Waals surface area contributed by atoms with Gasteiger partial charge < -0.3 is 9.64 Å². The van der Waals surface area contributed by atoms with Crippen LogP contribution in [0, 0.1) is 0 Å². The summed E-state index contributed by atoms with van der Waals surface area (Å²) in [7, 11) is -3.68. The maximum absolute atomic E-state index is 13.1. The van der Waals surface area contributed by atoms with Crippen molar-refractivity contribution in [2.24, 2.45) is 0 Å². The van der Waals surface area contributed by atoms with Gasteiger partial charge in [-0.2, -0.15) is 0 Å². The van der Waals surface area contributed by atoms with Crippen LogP contribution in [0.4, 0.5) is 0 Å². The zero-order valence-corrected chi connectivity index (χ0v) is 21.7. The molecule has 0 aromatic heterocycles. The number of carbonyl (C=O) groups excluding carboxylic acids is 1. The molecule has 0 spiro atoms. The van der Waals surface area contributed by atoms with Crippen molar-refractivity contribution < 1.29 is 17.9 Å². The zero-order chi connectivity index (χ0) is 25.4. The molecule has 1 saturated carbocycles. The van der Waals surface area contributed by atoms with Crippen molar-refractivity contribution in [2.75, 3.05) is 6.61 Å². The topological polar surface area (TPSA) is 75.7 Å². The largest absolute Gasteiger partial charge is 0.482 e. The van der Waals surface area contributed by atoms with E-state index in [9.17, 15) is 13.2 Å². The Morgan fingerprint density at radius 2 is 1.47 bits per heavy atom. The van der Waals surface area contributed by atoms with Gasteiger partial charge in [-0.1, -0.05) is 91.5 Å². The van der Waals surface area contributed by atoms with E-state index in [0.717, 1.165) is 43.2 Å². The number of halogens is 1. The Hall–Kier alpha value is -2.87. The minimum Gasteiger partial charge on any atom is -0.482 e. The van der Waals surface area contributed by atoms with E-state index in [1.54, 1.807) is 4.90 Å². The lowest BCUT2D eigenvalue weighted by Crippen LogP contribution is -2.36. The number of nitrogens with one attached hydrogen (secondary N) is 1. The molecule has 1 fully saturated rings. The van der Waals surface area contributed by atoms with E-state index in [4.69, 9.17) is 16.3 Å². The van der Waals surface area contributed by atoms with Gasteiger partial charge in [0.05, 0.1) is 9.92 Å². The minimum atomic E-state index is -3.68. The van der Waals surface area contributed by atoms with Crippen molar-refractivity contribution in [1.82, 2.24) is 9.62 Å². The standard InChI is InChI=1S/C28H31ClN2O4S/c29-26-18-25(36(33,34)30-24-14-8-3-9-15-24)16-17-27(26)35-21-28(32)31(19-22-10-4-1-5-11-22)20-23-12-6-2-7-13-23/h1-2,4-7,10-13,16-18,24,30H,3,8-9,14-15,19-21H2. The highest BCUT2D eigenvalue weighted by Crippen LogP contribution is 2.28. The Morgan fingerprint density at radius 3 is 2.03 bits per heavy atom. The fourth-order valence-electron chi connectivity index (χ4n) is 4.34. The summed E-state index contributed by atoms with van der Waals surface area (Å²) in [6.45, 7) is 0.664. The summed E-state index contributed by atoms with van der Waals surface area (Å²) in [5, 5.41) is 0.145. The Kier molecular flexibility index (Phi) is 9.02. The molecule has 0 aliphatic heterocycles. The van der Waals surface area contributed by atoms with Crippen LogP contribution in [0.2, 0.25) is 5.02 Å². The molecule has 1 N–H and O–H groups in total. The van der Waals surface area contributed by atoms with Gasteiger partial charge in [0.15, 0.2) is 6.61 Å². The van der Waals surface area contributed by atoms with Gasteiger partial charge in [0.25, 0.3) is 5.91 Å². The van der Waals surface area contributed by atoms with Crippen LogP contribution in [0.5, 0.6) is 5.75 Å². The Morgan fingerprint density at radius 1 is 0.889 bits per heavy atom. The third kappa shape index (κ3) is 7.32. The third-order valence-corrected chi connectivity index (χ3v) is 8.09. The van der Waals surface area contributed by atoms with E-state index in [0.29, 0.717) is 13.1 Å². The normalized spacial score (nSPS) is 14.4. The van der Waals surface area contributed by atoms with E-state index in [1.807, 2.05) is 60.7 Å². The predicted octanol–water partition coefficient (Wildman–Crippen LogP) is 5.56. The molecule has 3 aromatic carbocycles. The van der Waals surface area contributed by atoms with Gasteiger partial charge in [0.2, 0.25) is 10.0 Å². The molecule has 1 aliphatic carbocycles. The number of ether oxygens (including phenoxy) is 1. The number of rotatable bonds is 10. The number of sulfonamides is 1. The highest BCUT2D eigenvalue weighted by Gasteiger charge is 2.23. The first kappa shape index (κ1) is 26.2. The van der Waals surface area contributed by atoms with E-state index < -0.39 is 10.0 Å². The molecule has 3 aromatic rings. The Bertz CT molecular complexity index is 1210. The molecule has 4 rings (SSSR count). The fraction of sp³-hybridized carbons (Fsp3) is 0.321. The molecule has 1 amide bonds. The molecule has 0 atom stereocenters. The zero-order valence-electron chi connectivity index (χ0n) is 20.1. The molecule has 6 nitrogen and oxygen atoms in total. The van der Waals surface area contributed by atoms with Crippen LogP contribution in [0.1, 0.15) is 43.2 Å². The van der Waals surface area contributed by atoms with E-state index >= 15 is 0 Å². The highest BCUT2D eigenvalue weighted by atomic mass is 35.5. The second kappa shape index (κ2) is 12.4. The molecular formula is C28H31ClN2O4S. The average molecular weight is 527 g/mol. The fourth-order valence-corrected chi connectivity index (χ4v) is 5.97. The van der Waals surface area contributed by atoms with Crippen LogP contribution in [-0.4, -0.2) is 31.9 Å². The summed E-state index contributed by atoms with van der Waals surface area (Å²) in [6, 6.07) is 23.8. The van der Waals surface area contributed by atoms with Crippen LogP contribution >= 0.6 is 11.6 Å². The summed E-state index contributed by atoms with van der Waals surface area (Å²) in [6.07, 6.45) is 4.89. The first-order chi connectivity index (χ1) is 17.4. The third-order valence-electron chi connectivity index (χ3n) is 6.28. The first-order valence-electron chi connectivity index (χ1n) is 12.2. The van der Waals surface area contributed by atoms with Crippen molar-refractivity contribution in [3.63, 3.8) is 0 Å². The van der Waals surface area contributed by atoms with Gasteiger partial charge in [-0.3, -0.25) is 4.79 Å². The molecule has 0 unspecified atom stereocenters. The molecule has 190 valence electrons. The first-order valence-corrected chi connectivity index (χ1v) is 14.1. The van der Waals surface area contributed by atoms with E-state index in [1.165, 1.54) is 18.2 Å². The number of carbonyl (C=O) groups is 1. The van der Waals surface area contributed by atoms with E-state index in [-0.39, 0.29) is 34.2 Å². The summed E-state index contributed by atoms with van der Waals surface area (Å²) in [4.78, 5) is 15.0. The minimum absolute atomic E-state index is 0.0451. The quantitative estimate of drug-likeness (QED) is 0.375. The summed E-state index contributed by atoms with van der Waals surface area (Å²) in [5.74, 6) is 0.0652. The summed E-state index contributed by atoms with van der Waals surface area (Å²) >= 11 is 6.36.